The molecular weight excluding hydrogens is 409 g/mol. The normalized spacial score (nSPS) is 22.6. The van der Waals surface area contributed by atoms with Crippen LogP contribution in [0.15, 0.2) is 41.6 Å². The van der Waals surface area contributed by atoms with Crippen LogP contribution in [0.25, 0.3) is 0 Å². The van der Waals surface area contributed by atoms with Crippen LogP contribution in [0.3, 0.4) is 0 Å². The first-order valence-corrected chi connectivity index (χ1v) is 10.4. The summed E-state index contributed by atoms with van der Waals surface area (Å²) < 4.78 is 34.0. The van der Waals surface area contributed by atoms with Crippen molar-refractivity contribution in [2.24, 2.45) is 0 Å². The average Bonchev–Trinajstić information content (AvgIpc) is 3.03. The highest BCUT2D eigenvalue weighted by atomic mass is 35.5. The van der Waals surface area contributed by atoms with E-state index in [1.54, 1.807) is 18.5 Å². The number of piperazine rings is 1. The van der Waals surface area contributed by atoms with E-state index in [1.165, 1.54) is 10.4 Å². The molecule has 0 bridgehead atoms. The lowest BCUT2D eigenvalue weighted by Crippen LogP contribution is -2.48. The third kappa shape index (κ3) is 3.79. The highest BCUT2D eigenvalue weighted by Gasteiger charge is 2.36. The van der Waals surface area contributed by atoms with Gasteiger partial charge in [-0.3, -0.25) is 4.98 Å². The molecule has 27 heavy (non-hydrogen) atoms. The van der Waals surface area contributed by atoms with Gasteiger partial charge in [0.15, 0.2) is 0 Å². The molecule has 2 aliphatic rings. The van der Waals surface area contributed by atoms with Crippen molar-refractivity contribution in [2.45, 2.75) is 30.4 Å². The SMILES string of the molecule is CC1Cc2cc(S(=O)(=O)N3CCNCC3c3cccnc3)cc(Cl)c2O1.Cl. The number of ether oxygens (including phenoxy) is 1. The van der Waals surface area contributed by atoms with Crippen LogP contribution in [-0.4, -0.2) is 43.4 Å². The maximum atomic E-state index is 13.4. The van der Waals surface area contributed by atoms with E-state index in [9.17, 15) is 8.42 Å². The Labute approximate surface area is 170 Å². The van der Waals surface area contributed by atoms with Gasteiger partial charge >= 0.3 is 0 Å². The maximum Gasteiger partial charge on any atom is 0.243 e. The van der Waals surface area contributed by atoms with Crippen molar-refractivity contribution >= 4 is 34.0 Å². The minimum atomic E-state index is -3.70. The van der Waals surface area contributed by atoms with Crippen molar-refractivity contribution in [1.29, 1.82) is 0 Å². The van der Waals surface area contributed by atoms with Gasteiger partial charge in [-0.2, -0.15) is 4.31 Å². The molecule has 146 valence electrons. The highest BCUT2D eigenvalue weighted by molar-refractivity contribution is 7.89. The minimum absolute atomic E-state index is 0. The summed E-state index contributed by atoms with van der Waals surface area (Å²) >= 11 is 6.31. The lowest BCUT2D eigenvalue weighted by Gasteiger charge is -2.35. The topological polar surface area (TPSA) is 71.5 Å². The van der Waals surface area contributed by atoms with Gasteiger partial charge in [-0.25, -0.2) is 8.42 Å². The Morgan fingerprint density at radius 1 is 1.37 bits per heavy atom. The number of halogens is 2. The number of benzene rings is 1. The summed E-state index contributed by atoms with van der Waals surface area (Å²) in [5, 5.41) is 3.61. The number of fused-ring (bicyclic) bond motifs is 1. The molecule has 0 aliphatic carbocycles. The monoisotopic (exact) mass is 429 g/mol. The minimum Gasteiger partial charge on any atom is -0.489 e. The Hall–Kier alpha value is -1.38. The van der Waals surface area contributed by atoms with E-state index in [4.69, 9.17) is 16.3 Å². The molecule has 0 amide bonds. The van der Waals surface area contributed by atoms with Gasteiger partial charge in [-0.15, -0.1) is 12.4 Å². The summed E-state index contributed by atoms with van der Waals surface area (Å²) in [5.74, 6) is 0.599. The Balaban J connectivity index is 0.00000210. The van der Waals surface area contributed by atoms with E-state index >= 15 is 0 Å². The van der Waals surface area contributed by atoms with Crippen LogP contribution in [0, 0.1) is 0 Å². The van der Waals surface area contributed by atoms with Crippen LogP contribution in [0.4, 0.5) is 0 Å². The first-order valence-electron chi connectivity index (χ1n) is 8.58. The fraction of sp³-hybridized carbons (Fsp3) is 0.389. The van der Waals surface area contributed by atoms with E-state index in [1.807, 2.05) is 19.1 Å². The van der Waals surface area contributed by atoms with Crippen LogP contribution < -0.4 is 10.1 Å². The Morgan fingerprint density at radius 3 is 2.93 bits per heavy atom. The third-order valence-corrected chi connectivity index (χ3v) is 6.96. The molecule has 6 nitrogen and oxygen atoms in total. The summed E-state index contributed by atoms with van der Waals surface area (Å²) in [7, 11) is -3.70. The van der Waals surface area contributed by atoms with Gasteiger partial charge in [-0.05, 0) is 30.7 Å². The van der Waals surface area contributed by atoms with Gasteiger partial charge < -0.3 is 10.1 Å². The first-order chi connectivity index (χ1) is 12.5. The van der Waals surface area contributed by atoms with E-state index in [2.05, 4.69) is 10.3 Å². The Kier molecular flexibility index (Phi) is 5.98. The standard InChI is InChI=1S/C18H20ClN3O3S.ClH/c1-12-7-14-8-15(9-16(19)18(14)25-12)26(23,24)22-6-5-21-11-17(22)13-3-2-4-20-10-13;/h2-4,8-10,12,17,21H,5-7,11H2,1H3;1H. The zero-order valence-electron chi connectivity index (χ0n) is 14.8. The zero-order valence-corrected chi connectivity index (χ0v) is 17.1. The van der Waals surface area contributed by atoms with Crippen molar-refractivity contribution < 1.29 is 13.2 Å². The second kappa shape index (κ2) is 7.93. The molecule has 0 spiro atoms. The second-order valence-corrected chi connectivity index (χ2v) is 8.95. The first kappa shape index (κ1) is 20.4. The van der Waals surface area contributed by atoms with E-state index < -0.39 is 10.0 Å². The fourth-order valence-electron chi connectivity index (χ4n) is 3.57. The van der Waals surface area contributed by atoms with Crippen molar-refractivity contribution in [3.8, 4) is 5.75 Å². The molecule has 2 unspecified atom stereocenters. The molecule has 1 saturated heterocycles. The van der Waals surface area contributed by atoms with Crippen LogP contribution in [-0.2, 0) is 16.4 Å². The highest BCUT2D eigenvalue weighted by Crippen LogP contribution is 2.39. The quantitative estimate of drug-likeness (QED) is 0.811. The number of hydrogen-bond donors (Lipinski definition) is 1. The molecule has 1 aromatic carbocycles. The predicted molar refractivity (Wildman–Crippen MR) is 106 cm³/mol. The molecule has 1 N–H and O–H groups in total. The summed E-state index contributed by atoms with van der Waals surface area (Å²) in [6.07, 6.45) is 4.06. The molecule has 0 radical (unpaired) electrons. The van der Waals surface area contributed by atoms with Crippen molar-refractivity contribution in [2.75, 3.05) is 19.6 Å². The number of pyridine rings is 1. The van der Waals surface area contributed by atoms with Crippen molar-refractivity contribution in [3.05, 3.63) is 52.8 Å². The summed E-state index contributed by atoms with van der Waals surface area (Å²) in [4.78, 5) is 4.35. The Morgan fingerprint density at radius 2 is 2.19 bits per heavy atom. The lowest BCUT2D eigenvalue weighted by atomic mass is 10.1. The van der Waals surface area contributed by atoms with Gasteiger partial charge in [0.05, 0.1) is 16.0 Å². The second-order valence-electron chi connectivity index (χ2n) is 6.65. The molecule has 4 rings (SSSR count). The molecule has 2 aliphatic heterocycles. The Bertz CT molecular complexity index is 925. The van der Waals surface area contributed by atoms with Crippen LogP contribution in [0.1, 0.15) is 24.1 Å². The van der Waals surface area contributed by atoms with Crippen molar-refractivity contribution in [3.63, 3.8) is 0 Å². The molecule has 9 heteroatoms. The molecule has 1 fully saturated rings. The van der Waals surface area contributed by atoms with E-state index in [0.29, 0.717) is 36.8 Å². The van der Waals surface area contributed by atoms with Gasteiger partial charge in [0.2, 0.25) is 10.0 Å². The molecule has 2 atom stereocenters. The maximum absolute atomic E-state index is 13.4. The molecule has 1 aromatic heterocycles. The van der Waals surface area contributed by atoms with Crippen LogP contribution in [0.5, 0.6) is 5.75 Å². The van der Waals surface area contributed by atoms with Gasteiger partial charge in [-0.1, -0.05) is 17.7 Å². The number of aromatic nitrogens is 1. The lowest BCUT2D eigenvalue weighted by molar-refractivity contribution is 0.255. The summed E-state index contributed by atoms with van der Waals surface area (Å²) in [6.45, 7) is 3.49. The molecule has 3 heterocycles. The van der Waals surface area contributed by atoms with Gasteiger partial charge in [0.1, 0.15) is 11.9 Å². The predicted octanol–water partition coefficient (Wildman–Crippen LogP) is 2.82. The van der Waals surface area contributed by atoms with Gasteiger partial charge in [0, 0.05) is 44.0 Å². The zero-order chi connectivity index (χ0) is 18.3. The number of hydrogen-bond acceptors (Lipinski definition) is 5. The number of rotatable bonds is 3. The smallest absolute Gasteiger partial charge is 0.243 e. The summed E-state index contributed by atoms with van der Waals surface area (Å²) in [5.41, 5.74) is 1.71. The van der Waals surface area contributed by atoms with E-state index in [-0.39, 0.29) is 29.4 Å². The van der Waals surface area contributed by atoms with Crippen LogP contribution >= 0.6 is 24.0 Å². The summed E-state index contributed by atoms with van der Waals surface area (Å²) in [6, 6.07) is 6.61. The molecular formula is C18H21Cl2N3O3S. The largest absolute Gasteiger partial charge is 0.489 e. The average molecular weight is 430 g/mol. The molecule has 2 aromatic rings. The van der Waals surface area contributed by atoms with Gasteiger partial charge in [0.25, 0.3) is 0 Å². The number of nitrogens with one attached hydrogen (secondary N) is 1. The number of nitrogens with zero attached hydrogens (tertiary/aromatic N) is 2. The number of sulfonamides is 1. The third-order valence-electron chi connectivity index (χ3n) is 4.79. The van der Waals surface area contributed by atoms with Crippen LogP contribution in [0.2, 0.25) is 5.02 Å². The fourth-order valence-corrected chi connectivity index (χ4v) is 5.61. The van der Waals surface area contributed by atoms with E-state index in [0.717, 1.165) is 11.1 Å². The molecule has 0 saturated carbocycles. The van der Waals surface area contributed by atoms with Crippen molar-refractivity contribution in [1.82, 2.24) is 14.6 Å².